The van der Waals surface area contributed by atoms with Crippen molar-refractivity contribution in [1.82, 2.24) is 10.3 Å². The Morgan fingerprint density at radius 2 is 1.95 bits per heavy atom. The van der Waals surface area contributed by atoms with E-state index in [2.05, 4.69) is 4.98 Å². The lowest BCUT2D eigenvalue weighted by Crippen LogP contribution is -2.62. The lowest BCUT2D eigenvalue weighted by atomic mass is 10.0. The van der Waals surface area contributed by atoms with E-state index < -0.39 is 35.0 Å². The van der Waals surface area contributed by atoms with Crippen molar-refractivity contribution < 1.29 is 33.0 Å². The van der Waals surface area contributed by atoms with Gasteiger partial charge in [-0.3, -0.25) is 4.79 Å². The van der Waals surface area contributed by atoms with E-state index in [4.69, 9.17) is 5.11 Å². The molecule has 1 rings (SSSR count). The van der Waals surface area contributed by atoms with E-state index >= 15 is 0 Å². The van der Waals surface area contributed by atoms with Crippen LogP contribution in [0.25, 0.3) is 0 Å². The number of aliphatic carboxylic acids is 1. The Morgan fingerprint density at radius 1 is 1.37 bits per heavy atom. The average molecular weight is 278 g/mol. The normalized spacial score (nSPS) is 14.5. The molecule has 0 saturated heterocycles. The standard InChI is InChI=1S/C10H9F3N2O4/c1-9(8(18)19,10(11,12)13)15-7(17)6-5(16)3-2-4-14-6/h2-4,16H,1H3,(H,15,17)(H,18,19). The van der Waals surface area contributed by atoms with Crippen LogP contribution in [0.2, 0.25) is 0 Å². The number of carboxylic acid groups (broad SMARTS) is 1. The quantitative estimate of drug-likeness (QED) is 0.763. The predicted octanol–water partition coefficient (Wildman–Crippen LogP) is 0.923. The maximum Gasteiger partial charge on any atom is 0.422 e. The van der Waals surface area contributed by atoms with Crippen LogP contribution in [-0.2, 0) is 4.79 Å². The van der Waals surface area contributed by atoms with Crippen molar-refractivity contribution in [3.63, 3.8) is 0 Å². The maximum atomic E-state index is 12.7. The zero-order valence-electron chi connectivity index (χ0n) is 9.52. The molecule has 0 aliphatic carbocycles. The molecule has 6 nitrogen and oxygen atoms in total. The summed E-state index contributed by atoms with van der Waals surface area (Å²) in [5.74, 6) is -4.38. The van der Waals surface area contributed by atoms with Crippen molar-refractivity contribution in [1.29, 1.82) is 0 Å². The molecule has 1 aromatic heterocycles. The van der Waals surface area contributed by atoms with E-state index in [1.807, 2.05) is 0 Å². The highest BCUT2D eigenvalue weighted by Crippen LogP contribution is 2.31. The third-order valence-electron chi connectivity index (χ3n) is 2.36. The Labute approximate surface area is 104 Å². The maximum absolute atomic E-state index is 12.7. The van der Waals surface area contributed by atoms with Gasteiger partial charge in [0.15, 0.2) is 5.69 Å². The van der Waals surface area contributed by atoms with E-state index in [1.54, 1.807) is 0 Å². The van der Waals surface area contributed by atoms with Gasteiger partial charge in [-0.25, -0.2) is 9.78 Å². The molecular formula is C10H9F3N2O4. The summed E-state index contributed by atoms with van der Waals surface area (Å²) in [4.78, 5) is 25.6. The van der Waals surface area contributed by atoms with Crippen molar-refractivity contribution in [3.8, 4) is 5.75 Å². The molecule has 0 aliphatic heterocycles. The Hall–Kier alpha value is -2.32. The zero-order valence-corrected chi connectivity index (χ0v) is 9.52. The molecule has 1 amide bonds. The minimum atomic E-state index is -5.21. The van der Waals surface area contributed by atoms with Crippen molar-refractivity contribution in [3.05, 3.63) is 24.0 Å². The fourth-order valence-electron chi connectivity index (χ4n) is 1.10. The number of aromatic hydroxyl groups is 1. The van der Waals surface area contributed by atoms with E-state index in [0.717, 1.165) is 12.3 Å². The molecule has 1 heterocycles. The van der Waals surface area contributed by atoms with Crippen LogP contribution in [0.15, 0.2) is 18.3 Å². The number of pyridine rings is 1. The van der Waals surface area contributed by atoms with E-state index in [1.165, 1.54) is 11.4 Å². The van der Waals surface area contributed by atoms with Gasteiger partial charge >= 0.3 is 12.1 Å². The van der Waals surface area contributed by atoms with Gasteiger partial charge in [0.05, 0.1) is 0 Å². The largest absolute Gasteiger partial charge is 0.505 e. The SMILES string of the molecule is CC(NC(=O)c1ncccc1O)(C(=O)O)C(F)(F)F. The molecule has 0 saturated carbocycles. The first-order chi connectivity index (χ1) is 8.59. The number of rotatable bonds is 3. The summed E-state index contributed by atoms with van der Waals surface area (Å²) in [5.41, 5.74) is -4.17. The summed E-state index contributed by atoms with van der Waals surface area (Å²) in [5, 5.41) is 19.2. The number of hydrogen-bond donors (Lipinski definition) is 3. The highest BCUT2D eigenvalue weighted by Gasteiger charge is 2.58. The zero-order chi connectivity index (χ0) is 14.8. The average Bonchev–Trinajstić information content (AvgIpc) is 2.27. The van der Waals surface area contributed by atoms with Gasteiger partial charge in [-0.05, 0) is 19.1 Å². The molecule has 1 unspecified atom stereocenters. The molecule has 3 N–H and O–H groups in total. The second kappa shape index (κ2) is 4.75. The van der Waals surface area contributed by atoms with Gasteiger partial charge in [0.1, 0.15) is 5.75 Å². The van der Waals surface area contributed by atoms with Gasteiger partial charge in [0.2, 0.25) is 5.54 Å². The number of nitrogens with zero attached hydrogens (tertiary/aromatic N) is 1. The Morgan fingerprint density at radius 3 is 2.37 bits per heavy atom. The van der Waals surface area contributed by atoms with Gasteiger partial charge in [0.25, 0.3) is 5.91 Å². The van der Waals surface area contributed by atoms with Crippen molar-refractivity contribution in [2.45, 2.75) is 18.6 Å². The molecule has 19 heavy (non-hydrogen) atoms. The molecule has 0 radical (unpaired) electrons. The number of alkyl halides is 3. The van der Waals surface area contributed by atoms with Gasteiger partial charge in [0, 0.05) is 6.20 Å². The van der Waals surface area contributed by atoms with Crippen LogP contribution in [0.4, 0.5) is 13.2 Å². The molecule has 9 heteroatoms. The number of nitrogens with one attached hydrogen (secondary N) is 1. The first kappa shape index (κ1) is 14.7. The van der Waals surface area contributed by atoms with E-state index in [9.17, 15) is 27.9 Å². The second-order valence-corrected chi connectivity index (χ2v) is 3.75. The third kappa shape index (κ3) is 2.75. The van der Waals surface area contributed by atoms with Gasteiger partial charge < -0.3 is 15.5 Å². The third-order valence-corrected chi connectivity index (χ3v) is 2.36. The molecular weight excluding hydrogens is 269 g/mol. The van der Waals surface area contributed by atoms with Gasteiger partial charge in [-0.2, -0.15) is 13.2 Å². The fourth-order valence-corrected chi connectivity index (χ4v) is 1.10. The number of halogens is 3. The van der Waals surface area contributed by atoms with Crippen LogP contribution in [-0.4, -0.2) is 38.8 Å². The summed E-state index contributed by atoms with van der Waals surface area (Å²) in [7, 11) is 0. The molecule has 104 valence electrons. The van der Waals surface area contributed by atoms with Crippen LogP contribution in [0, 0.1) is 0 Å². The predicted molar refractivity (Wildman–Crippen MR) is 55.5 cm³/mol. The first-order valence-electron chi connectivity index (χ1n) is 4.86. The summed E-state index contributed by atoms with van der Waals surface area (Å²) in [6.07, 6.45) is -4.14. The molecule has 0 fully saturated rings. The number of carboxylic acids is 1. The Balaban J connectivity index is 3.10. The molecule has 1 atom stereocenters. The fraction of sp³-hybridized carbons (Fsp3) is 0.300. The summed E-state index contributed by atoms with van der Waals surface area (Å²) < 4.78 is 38.0. The lowest BCUT2D eigenvalue weighted by molar-refractivity contribution is -0.203. The number of carbonyl (C=O) groups is 2. The second-order valence-electron chi connectivity index (χ2n) is 3.75. The van der Waals surface area contributed by atoms with Crippen LogP contribution >= 0.6 is 0 Å². The van der Waals surface area contributed by atoms with Crippen molar-refractivity contribution >= 4 is 11.9 Å². The Kier molecular flexibility index (Phi) is 3.68. The molecule has 0 aromatic carbocycles. The van der Waals surface area contributed by atoms with E-state index in [0.29, 0.717) is 6.92 Å². The van der Waals surface area contributed by atoms with Gasteiger partial charge in [-0.15, -0.1) is 0 Å². The number of hydrogen-bond acceptors (Lipinski definition) is 4. The molecule has 0 spiro atoms. The monoisotopic (exact) mass is 278 g/mol. The number of amides is 1. The molecule has 0 aliphatic rings. The van der Waals surface area contributed by atoms with Crippen LogP contribution in [0.1, 0.15) is 17.4 Å². The van der Waals surface area contributed by atoms with Crippen LogP contribution < -0.4 is 5.32 Å². The van der Waals surface area contributed by atoms with E-state index in [-0.39, 0.29) is 0 Å². The minimum absolute atomic E-state index is 0.299. The van der Waals surface area contributed by atoms with Crippen LogP contribution in [0.5, 0.6) is 5.75 Å². The molecule has 1 aromatic rings. The topological polar surface area (TPSA) is 99.5 Å². The van der Waals surface area contributed by atoms with Crippen LogP contribution in [0.3, 0.4) is 0 Å². The summed E-state index contributed by atoms with van der Waals surface area (Å²) in [6, 6.07) is 2.29. The highest BCUT2D eigenvalue weighted by atomic mass is 19.4. The minimum Gasteiger partial charge on any atom is -0.505 e. The smallest absolute Gasteiger partial charge is 0.422 e. The summed E-state index contributed by atoms with van der Waals surface area (Å²) >= 11 is 0. The summed E-state index contributed by atoms with van der Waals surface area (Å²) in [6.45, 7) is 0.299. The van der Waals surface area contributed by atoms with Gasteiger partial charge in [-0.1, -0.05) is 0 Å². The first-order valence-corrected chi connectivity index (χ1v) is 4.86. The number of carbonyl (C=O) groups excluding carboxylic acids is 1. The lowest BCUT2D eigenvalue weighted by Gasteiger charge is -2.28. The highest BCUT2D eigenvalue weighted by molar-refractivity contribution is 5.98. The van der Waals surface area contributed by atoms with Crippen molar-refractivity contribution in [2.75, 3.05) is 0 Å². The van der Waals surface area contributed by atoms with Crippen molar-refractivity contribution in [2.24, 2.45) is 0 Å². The Bertz CT molecular complexity index is 518. The molecule has 0 bridgehead atoms. The number of aromatic nitrogens is 1.